The first-order valence-corrected chi connectivity index (χ1v) is 8.93. The predicted octanol–water partition coefficient (Wildman–Crippen LogP) is 5.94. The third-order valence-electron chi connectivity index (χ3n) is 4.33. The molecule has 0 aliphatic carbocycles. The fraction of sp³-hybridized carbons (Fsp3) is 0.348. The van der Waals surface area contributed by atoms with E-state index in [1.807, 2.05) is 39.0 Å². The van der Waals surface area contributed by atoms with Crippen molar-refractivity contribution in [1.29, 1.82) is 0 Å². The summed E-state index contributed by atoms with van der Waals surface area (Å²) in [5.41, 5.74) is 5.64. The zero-order valence-corrected chi connectivity index (χ0v) is 17.3. The molecule has 0 unspecified atom stereocenters. The van der Waals surface area contributed by atoms with Gasteiger partial charge in [-0.05, 0) is 81.5 Å². The van der Waals surface area contributed by atoms with Crippen molar-refractivity contribution in [2.24, 2.45) is 0 Å². The quantitative estimate of drug-likeness (QED) is 0.337. The molecule has 0 atom stereocenters. The molecule has 0 aliphatic heterocycles. The summed E-state index contributed by atoms with van der Waals surface area (Å²) in [6, 6.07) is 2.02. The maximum atomic E-state index is 14.1. The van der Waals surface area contributed by atoms with Gasteiger partial charge >= 0.3 is 5.97 Å². The number of hydrogen-bond acceptors (Lipinski definition) is 3. The first kappa shape index (κ1) is 22.4. The van der Waals surface area contributed by atoms with Gasteiger partial charge in [-0.25, -0.2) is 9.18 Å². The second-order valence-corrected chi connectivity index (χ2v) is 6.40. The van der Waals surface area contributed by atoms with Crippen LogP contribution in [0.25, 0.3) is 6.08 Å². The average molecular weight is 372 g/mol. The van der Waals surface area contributed by atoms with Crippen LogP contribution in [0, 0.1) is 20.8 Å². The van der Waals surface area contributed by atoms with E-state index >= 15 is 0 Å². The van der Waals surface area contributed by atoms with E-state index in [0.29, 0.717) is 0 Å². The van der Waals surface area contributed by atoms with Gasteiger partial charge in [0.05, 0.1) is 13.7 Å². The molecule has 27 heavy (non-hydrogen) atoms. The topological polar surface area (TPSA) is 35.5 Å². The molecule has 0 aromatic heterocycles. The van der Waals surface area contributed by atoms with Crippen molar-refractivity contribution in [2.75, 3.05) is 13.7 Å². The summed E-state index contributed by atoms with van der Waals surface area (Å²) in [6.45, 7) is 11.5. The molecule has 0 saturated carbocycles. The lowest BCUT2D eigenvalue weighted by Crippen LogP contribution is -2.00. The van der Waals surface area contributed by atoms with E-state index in [2.05, 4.69) is 6.92 Å². The standard InChI is InChI=1S/C23H29FO3/c1-8-27-23(25)14-17(4)21(24)12-10-15(2)9-11-20-16(3)13-22(26-7)19(6)18(20)5/h9-14H,8H2,1-7H3/b11-9+,15-10+,17-14+,21-12+. The Morgan fingerprint density at radius 1 is 1.15 bits per heavy atom. The Hall–Kier alpha value is -2.62. The van der Waals surface area contributed by atoms with Crippen LogP contribution in [0.4, 0.5) is 4.39 Å². The lowest BCUT2D eigenvalue weighted by Gasteiger charge is -2.13. The third-order valence-corrected chi connectivity index (χ3v) is 4.33. The molecule has 0 heterocycles. The van der Waals surface area contributed by atoms with Gasteiger partial charge in [-0.15, -0.1) is 0 Å². The molecule has 0 bridgehead atoms. The number of carbonyl (C=O) groups excluding carboxylic acids is 1. The summed E-state index contributed by atoms with van der Waals surface area (Å²) >= 11 is 0. The molecule has 0 spiro atoms. The van der Waals surface area contributed by atoms with E-state index in [-0.39, 0.29) is 12.2 Å². The number of esters is 1. The van der Waals surface area contributed by atoms with Gasteiger partial charge < -0.3 is 9.47 Å². The van der Waals surface area contributed by atoms with Gasteiger partial charge in [0.25, 0.3) is 0 Å². The maximum absolute atomic E-state index is 14.1. The number of carbonyl (C=O) groups is 1. The number of allylic oxidation sites excluding steroid dienone is 6. The summed E-state index contributed by atoms with van der Waals surface area (Å²) in [4.78, 5) is 11.4. The Kier molecular flexibility index (Phi) is 8.73. The fourth-order valence-electron chi connectivity index (χ4n) is 2.57. The molecule has 0 N–H and O–H groups in total. The lowest BCUT2D eigenvalue weighted by atomic mass is 9.96. The van der Waals surface area contributed by atoms with E-state index in [9.17, 15) is 9.18 Å². The summed E-state index contributed by atoms with van der Waals surface area (Å²) in [7, 11) is 1.67. The molecule has 3 nitrogen and oxygen atoms in total. The van der Waals surface area contributed by atoms with Crippen molar-refractivity contribution in [3.8, 4) is 5.75 Å². The van der Waals surface area contributed by atoms with Gasteiger partial charge in [0.15, 0.2) is 0 Å². The Morgan fingerprint density at radius 3 is 2.41 bits per heavy atom. The van der Waals surface area contributed by atoms with Crippen LogP contribution in [0.3, 0.4) is 0 Å². The number of benzene rings is 1. The summed E-state index contributed by atoms with van der Waals surface area (Å²) < 4.78 is 24.3. The van der Waals surface area contributed by atoms with E-state index in [4.69, 9.17) is 9.47 Å². The molecule has 4 heteroatoms. The molecule has 0 saturated heterocycles. The van der Waals surface area contributed by atoms with Crippen LogP contribution in [0.15, 0.2) is 47.3 Å². The summed E-state index contributed by atoms with van der Waals surface area (Å²) in [5.74, 6) is -0.133. The number of rotatable bonds is 7. The normalized spacial score (nSPS) is 13.3. The molecule has 1 aromatic rings. The van der Waals surface area contributed by atoms with Crippen molar-refractivity contribution in [3.05, 3.63) is 69.6 Å². The average Bonchev–Trinajstić information content (AvgIpc) is 2.62. The summed E-state index contributed by atoms with van der Waals surface area (Å²) in [6.07, 6.45) is 8.14. The first-order chi connectivity index (χ1) is 12.7. The van der Waals surface area contributed by atoms with Gasteiger partial charge in [0.2, 0.25) is 0 Å². The van der Waals surface area contributed by atoms with E-state index in [1.54, 1.807) is 20.1 Å². The van der Waals surface area contributed by atoms with Crippen LogP contribution in [0.1, 0.15) is 43.0 Å². The number of aryl methyl sites for hydroxylation is 1. The Bertz CT molecular complexity index is 811. The van der Waals surface area contributed by atoms with Crippen LogP contribution < -0.4 is 4.74 Å². The smallest absolute Gasteiger partial charge is 0.331 e. The predicted molar refractivity (Wildman–Crippen MR) is 110 cm³/mol. The van der Waals surface area contributed by atoms with Crippen molar-refractivity contribution in [1.82, 2.24) is 0 Å². The van der Waals surface area contributed by atoms with Gasteiger partial charge in [-0.1, -0.05) is 23.8 Å². The largest absolute Gasteiger partial charge is 0.496 e. The van der Waals surface area contributed by atoms with E-state index < -0.39 is 11.8 Å². The van der Waals surface area contributed by atoms with Crippen molar-refractivity contribution in [3.63, 3.8) is 0 Å². The molecule has 1 rings (SSSR count). The molecule has 1 aromatic carbocycles. The van der Waals surface area contributed by atoms with Crippen molar-refractivity contribution >= 4 is 12.0 Å². The lowest BCUT2D eigenvalue weighted by molar-refractivity contribution is -0.137. The highest BCUT2D eigenvalue weighted by molar-refractivity contribution is 5.83. The number of methoxy groups -OCH3 is 1. The Morgan fingerprint density at radius 2 is 1.81 bits per heavy atom. The Balaban J connectivity index is 3.00. The zero-order valence-electron chi connectivity index (χ0n) is 17.3. The molecular weight excluding hydrogens is 343 g/mol. The second kappa shape index (κ2) is 10.5. The van der Waals surface area contributed by atoms with E-state index in [0.717, 1.165) is 39.7 Å². The third kappa shape index (κ3) is 6.55. The summed E-state index contributed by atoms with van der Waals surface area (Å²) in [5, 5.41) is 0. The zero-order chi connectivity index (χ0) is 20.6. The molecule has 0 amide bonds. The van der Waals surface area contributed by atoms with Gasteiger partial charge in [0.1, 0.15) is 11.6 Å². The molecular formula is C23H29FO3. The highest BCUT2D eigenvalue weighted by Gasteiger charge is 2.08. The van der Waals surface area contributed by atoms with Crippen LogP contribution in [-0.2, 0) is 9.53 Å². The van der Waals surface area contributed by atoms with E-state index in [1.165, 1.54) is 13.0 Å². The molecule has 0 radical (unpaired) electrons. The highest BCUT2D eigenvalue weighted by Crippen LogP contribution is 2.28. The van der Waals surface area contributed by atoms with Crippen molar-refractivity contribution in [2.45, 2.75) is 41.5 Å². The number of halogens is 1. The number of ether oxygens (including phenoxy) is 2. The van der Waals surface area contributed by atoms with Gasteiger partial charge in [-0.2, -0.15) is 0 Å². The molecule has 146 valence electrons. The highest BCUT2D eigenvalue weighted by atomic mass is 19.1. The van der Waals surface area contributed by atoms with Crippen LogP contribution in [0.5, 0.6) is 5.75 Å². The van der Waals surface area contributed by atoms with Crippen molar-refractivity contribution < 1.29 is 18.7 Å². The van der Waals surface area contributed by atoms with Gasteiger partial charge in [-0.3, -0.25) is 0 Å². The molecule has 0 aliphatic rings. The molecule has 0 fully saturated rings. The minimum absolute atomic E-state index is 0.235. The maximum Gasteiger partial charge on any atom is 0.331 e. The van der Waals surface area contributed by atoms with Crippen LogP contribution in [0.2, 0.25) is 0 Å². The number of hydrogen-bond donors (Lipinski definition) is 0. The second-order valence-electron chi connectivity index (χ2n) is 6.40. The fourth-order valence-corrected chi connectivity index (χ4v) is 2.57. The van der Waals surface area contributed by atoms with Gasteiger partial charge in [0, 0.05) is 6.08 Å². The minimum Gasteiger partial charge on any atom is -0.496 e. The first-order valence-electron chi connectivity index (χ1n) is 8.93. The Labute approximate surface area is 161 Å². The van der Waals surface area contributed by atoms with Crippen LogP contribution >= 0.6 is 0 Å². The van der Waals surface area contributed by atoms with Crippen LogP contribution in [-0.4, -0.2) is 19.7 Å². The SMILES string of the molecule is CCOC(=O)/C=C(C)/C(F)=C\C=C(C)\C=C\c1c(C)cc(OC)c(C)c1C. The monoisotopic (exact) mass is 372 g/mol. The minimum atomic E-state index is -0.542.